The minimum atomic E-state index is -0.825. The van der Waals surface area contributed by atoms with E-state index in [1.54, 1.807) is 12.1 Å². The van der Waals surface area contributed by atoms with E-state index in [-0.39, 0.29) is 16.4 Å². The molecule has 0 aromatic heterocycles. The van der Waals surface area contributed by atoms with Crippen molar-refractivity contribution in [1.82, 2.24) is 0 Å². The third-order valence-corrected chi connectivity index (χ3v) is 4.45. The molecule has 0 N–H and O–H groups in total. The summed E-state index contributed by atoms with van der Waals surface area (Å²) >= 11 is 5.70. The van der Waals surface area contributed by atoms with Crippen LogP contribution in [-0.2, 0) is 4.74 Å². The summed E-state index contributed by atoms with van der Waals surface area (Å²) in [6.45, 7) is 3.74. The molecule has 1 atom stereocenters. The fourth-order valence-electron chi connectivity index (χ4n) is 2.31. The van der Waals surface area contributed by atoms with Crippen LogP contribution in [-0.4, -0.2) is 23.3 Å². The van der Waals surface area contributed by atoms with Gasteiger partial charge in [0.1, 0.15) is 5.02 Å². The van der Waals surface area contributed by atoms with Crippen LogP contribution in [0, 0.1) is 10.1 Å². The number of hydrogen-bond acceptors (Lipinski definition) is 5. The van der Waals surface area contributed by atoms with E-state index >= 15 is 0 Å². The molecule has 0 unspecified atom stereocenters. The van der Waals surface area contributed by atoms with Crippen molar-refractivity contribution in [2.45, 2.75) is 26.2 Å². The normalized spacial score (nSPS) is 11.7. The quantitative estimate of drug-likeness (QED) is 0.300. The molecule has 0 radical (unpaired) electrons. The number of esters is 1. The molecule has 0 aliphatic rings. The van der Waals surface area contributed by atoms with E-state index in [0.717, 1.165) is 18.1 Å². The molecule has 0 amide bonds. The van der Waals surface area contributed by atoms with Crippen LogP contribution in [0.25, 0.3) is 0 Å². The molecule has 0 spiro atoms. The van der Waals surface area contributed by atoms with E-state index < -0.39 is 23.2 Å². The Morgan fingerprint density at radius 3 is 2.35 bits per heavy atom. The van der Waals surface area contributed by atoms with Crippen LogP contribution in [0.3, 0.4) is 0 Å². The van der Waals surface area contributed by atoms with Crippen LogP contribution in [0.2, 0.25) is 5.02 Å². The van der Waals surface area contributed by atoms with E-state index in [1.807, 2.05) is 12.1 Å². The molecule has 6 nitrogen and oxygen atoms in total. The number of Topliss-reactive ketones (excluding diaryl/α,β-unsaturated/α-hetero) is 1. The van der Waals surface area contributed by atoms with Crippen molar-refractivity contribution >= 4 is 29.0 Å². The number of hydrogen-bond donors (Lipinski definition) is 0. The second kappa shape index (κ2) is 8.58. The Hall–Kier alpha value is -2.73. The molecule has 0 heterocycles. The van der Waals surface area contributed by atoms with E-state index in [4.69, 9.17) is 16.3 Å². The SMILES string of the molecule is CC[C@@H](C)c1ccc(C(=O)COC(=O)c2ccc(Cl)c([N+](=O)[O-])c2)cc1. The highest BCUT2D eigenvalue weighted by atomic mass is 35.5. The van der Waals surface area contributed by atoms with Crippen LogP contribution >= 0.6 is 11.6 Å². The Labute approximate surface area is 155 Å². The molecule has 26 heavy (non-hydrogen) atoms. The van der Waals surface area contributed by atoms with Gasteiger partial charge in [0, 0.05) is 11.6 Å². The fourth-order valence-corrected chi connectivity index (χ4v) is 2.50. The molecule has 136 valence electrons. The average molecular weight is 376 g/mol. The Balaban J connectivity index is 2.02. The molecule has 7 heteroatoms. The zero-order valence-corrected chi connectivity index (χ0v) is 15.2. The first kappa shape index (κ1) is 19.6. The summed E-state index contributed by atoms with van der Waals surface area (Å²) in [5.41, 5.74) is 1.13. The largest absolute Gasteiger partial charge is 0.454 e. The molecule has 0 saturated carbocycles. The number of carbonyl (C=O) groups is 2. The lowest BCUT2D eigenvalue weighted by Gasteiger charge is -2.09. The first-order chi connectivity index (χ1) is 12.3. The number of nitro benzene ring substituents is 1. The predicted octanol–water partition coefficient (Wildman–Crippen LogP) is 4.80. The van der Waals surface area contributed by atoms with Gasteiger partial charge in [-0.25, -0.2) is 4.79 Å². The van der Waals surface area contributed by atoms with Gasteiger partial charge in [-0.05, 0) is 30.0 Å². The third kappa shape index (κ3) is 4.67. The van der Waals surface area contributed by atoms with Crippen molar-refractivity contribution in [3.63, 3.8) is 0 Å². The van der Waals surface area contributed by atoms with Crippen LogP contribution in [0.15, 0.2) is 42.5 Å². The van der Waals surface area contributed by atoms with Gasteiger partial charge < -0.3 is 4.74 Å². The van der Waals surface area contributed by atoms with Crippen LogP contribution < -0.4 is 0 Å². The molecule has 0 bridgehead atoms. The Kier molecular flexibility index (Phi) is 6.46. The first-order valence-electron chi connectivity index (χ1n) is 8.07. The van der Waals surface area contributed by atoms with Crippen molar-refractivity contribution in [3.05, 3.63) is 74.3 Å². The van der Waals surface area contributed by atoms with Gasteiger partial charge in [-0.2, -0.15) is 0 Å². The number of rotatable bonds is 7. The Bertz CT molecular complexity index is 832. The molecule has 0 fully saturated rings. The minimum absolute atomic E-state index is 0.0407. The number of carbonyl (C=O) groups excluding carboxylic acids is 2. The van der Waals surface area contributed by atoms with Crippen molar-refractivity contribution < 1.29 is 19.2 Å². The molecular weight excluding hydrogens is 358 g/mol. The summed E-state index contributed by atoms with van der Waals surface area (Å²) in [4.78, 5) is 34.3. The van der Waals surface area contributed by atoms with Crippen LogP contribution in [0.5, 0.6) is 0 Å². The van der Waals surface area contributed by atoms with E-state index in [1.165, 1.54) is 12.1 Å². The lowest BCUT2D eigenvalue weighted by molar-refractivity contribution is -0.384. The lowest BCUT2D eigenvalue weighted by atomic mass is 9.97. The Morgan fingerprint density at radius 2 is 1.77 bits per heavy atom. The zero-order chi connectivity index (χ0) is 19.3. The highest BCUT2D eigenvalue weighted by Gasteiger charge is 2.18. The van der Waals surface area contributed by atoms with Crippen molar-refractivity contribution in [2.75, 3.05) is 6.61 Å². The van der Waals surface area contributed by atoms with Gasteiger partial charge >= 0.3 is 5.97 Å². The van der Waals surface area contributed by atoms with Crippen molar-refractivity contribution in [1.29, 1.82) is 0 Å². The second-order valence-electron chi connectivity index (χ2n) is 5.85. The topological polar surface area (TPSA) is 86.5 Å². The number of ether oxygens (including phenoxy) is 1. The fraction of sp³-hybridized carbons (Fsp3) is 0.263. The standard InChI is InChI=1S/C19H18ClNO5/c1-3-12(2)13-4-6-14(7-5-13)18(22)11-26-19(23)15-8-9-16(20)17(10-15)21(24)25/h4-10,12H,3,11H2,1-2H3/t12-/m1/s1. The summed E-state index contributed by atoms with van der Waals surface area (Å²) in [6, 6.07) is 10.7. The Morgan fingerprint density at radius 1 is 1.15 bits per heavy atom. The van der Waals surface area contributed by atoms with Gasteiger partial charge in [-0.3, -0.25) is 14.9 Å². The van der Waals surface area contributed by atoms with Crippen LogP contribution in [0.4, 0.5) is 5.69 Å². The maximum absolute atomic E-state index is 12.2. The second-order valence-corrected chi connectivity index (χ2v) is 6.26. The summed E-state index contributed by atoms with van der Waals surface area (Å²) in [6.07, 6.45) is 0.998. The number of nitrogens with zero attached hydrogens (tertiary/aromatic N) is 1. The minimum Gasteiger partial charge on any atom is -0.454 e. The number of ketones is 1. The van der Waals surface area contributed by atoms with E-state index in [2.05, 4.69) is 13.8 Å². The predicted molar refractivity (Wildman–Crippen MR) is 97.9 cm³/mol. The van der Waals surface area contributed by atoms with Gasteiger partial charge in [0.05, 0.1) is 10.5 Å². The number of halogens is 1. The zero-order valence-electron chi connectivity index (χ0n) is 14.4. The maximum Gasteiger partial charge on any atom is 0.338 e. The van der Waals surface area contributed by atoms with Gasteiger partial charge in [-0.1, -0.05) is 49.7 Å². The molecule has 0 aliphatic heterocycles. The molecule has 0 saturated heterocycles. The molecule has 2 rings (SSSR count). The van der Waals surface area contributed by atoms with Crippen molar-refractivity contribution in [3.8, 4) is 0 Å². The first-order valence-corrected chi connectivity index (χ1v) is 8.45. The maximum atomic E-state index is 12.2. The van der Waals surface area contributed by atoms with Gasteiger partial charge in [0.25, 0.3) is 5.69 Å². The summed E-state index contributed by atoms with van der Waals surface area (Å²) < 4.78 is 4.96. The summed E-state index contributed by atoms with van der Waals surface area (Å²) in [5, 5.41) is 10.8. The number of nitro groups is 1. The van der Waals surface area contributed by atoms with Gasteiger partial charge in [0.2, 0.25) is 0 Å². The average Bonchev–Trinajstić information content (AvgIpc) is 2.65. The highest BCUT2D eigenvalue weighted by molar-refractivity contribution is 6.32. The third-order valence-electron chi connectivity index (χ3n) is 4.13. The van der Waals surface area contributed by atoms with Crippen molar-refractivity contribution in [2.24, 2.45) is 0 Å². The smallest absolute Gasteiger partial charge is 0.338 e. The van der Waals surface area contributed by atoms with E-state index in [0.29, 0.717) is 11.5 Å². The molecular formula is C19H18ClNO5. The lowest BCUT2D eigenvalue weighted by Crippen LogP contribution is -2.14. The van der Waals surface area contributed by atoms with E-state index in [9.17, 15) is 19.7 Å². The highest BCUT2D eigenvalue weighted by Crippen LogP contribution is 2.25. The number of benzene rings is 2. The monoisotopic (exact) mass is 375 g/mol. The van der Waals surface area contributed by atoms with Gasteiger partial charge in [0.15, 0.2) is 12.4 Å². The summed E-state index contributed by atoms with van der Waals surface area (Å²) in [7, 11) is 0. The molecule has 0 aliphatic carbocycles. The van der Waals surface area contributed by atoms with Crippen LogP contribution in [0.1, 0.15) is 52.5 Å². The van der Waals surface area contributed by atoms with Gasteiger partial charge in [-0.15, -0.1) is 0 Å². The summed E-state index contributed by atoms with van der Waals surface area (Å²) in [5.74, 6) is -0.774. The molecule has 2 aromatic carbocycles. The molecule has 2 aromatic rings.